The summed E-state index contributed by atoms with van der Waals surface area (Å²) in [6.07, 6.45) is 1.62. The molecule has 26 heavy (non-hydrogen) atoms. The number of Topliss-reactive ketones (excluding diaryl/α,β-unsaturated/α-hetero) is 1. The van der Waals surface area contributed by atoms with E-state index in [0.717, 1.165) is 5.56 Å². The highest BCUT2D eigenvalue weighted by Crippen LogP contribution is 2.35. The van der Waals surface area contributed by atoms with Crippen molar-refractivity contribution in [3.8, 4) is 17.4 Å². The molecule has 0 atom stereocenters. The van der Waals surface area contributed by atoms with Crippen molar-refractivity contribution in [3.05, 3.63) is 41.6 Å². The normalized spacial score (nSPS) is 15.3. The number of aliphatic hydroxyl groups is 1. The molecular formula is C18H16N2O6. The number of rotatable bonds is 4. The Balaban J connectivity index is 1.66. The van der Waals surface area contributed by atoms with Crippen molar-refractivity contribution in [1.29, 1.82) is 0 Å². The second kappa shape index (κ2) is 6.64. The van der Waals surface area contributed by atoms with Crippen molar-refractivity contribution < 1.29 is 28.9 Å². The fourth-order valence-corrected chi connectivity index (χ4v) is 2.88. The molecule has 3 heterocycles. The molecule has 2 aromatic rings. The van der Waals surface area contributed by atoms with Gasteiger partial charge in [0, 0.05) is 11.8 Å². The van der Waals surface area contributed by atoms with Crippen molar-refractivity contribution >= 4 is 17.4 Å². The standard InChI is InChI=1S/C18H16N2O6/c21-9-14(22)12-1-2-15-13(6-12)20(17(23)10-26-15)8-11-5-16-18(19-7-11)25-4-3-24-16/h1-2,5-7,21H,3-4,8-10H2. The van der Waals surface area contributed by atoms with Crippen LogP contribution < -0.4 is 19.1 Å². The minimum Gasteiger partial charge on any atom is -0.484 e. The van der Waals surface area contributed by atoms with E-state index in [-0.39, 0.29) is 19.1 Å². The van der Waals surface area contributed by atoms with E-state index in [4.69, 9.17) is 19.3 Å². The van der Waals surface area contributed by atoms with Crippen molar-refractivity contribution in [2.24, 2.45) is 0 Å². The molecule has 2 aliphatic heterocycles. The zero-order valence-corrected chi connectivity index (χ0v) is 13.8. The third-order valence-electron chi connectivity index (χ3n) is 4.16. The van der Waals surface area contributed by atoms with Gasteiger partial charge < -0.3 is 24.2 Å². The van der Waals surface area contributed by atoms with Gasteiger partial charge in [0.05, 0.1) is 12.2 Å². The van der Waals surface area contributed by atoms with Gasteiger partial charge in [-0.25, -0.2) is 4.98 Å². The lowest BCUT2D eigenvalue weighted by molar-refractivity contribution is -0.121. The minimum atomic E-state index is -0.598. The quantitative estimate of drug-likeness (QED) is 0.815. The van der Waals surface area contributed by atoms with Gasteiger partial charge >= 0.3 is 0 Å². The highest BCUT2D eigenvalue weighted by atomic mass is 16.6. The lowest BCUT2D eigenvalue weighted by Crippen LogP contribution is -2.38. The Hall–Kier alpha value is -3.13. The lowest BCUT2D eigenvalue weighted by atomic mass is 10.1. The maximum atomic E-state index is 12.4. The fourth-order valence-electron chi connectivity index (χ4n) is 2.88. The molecular weight excluding hydrogens is 340 g/mol. The molecule has 0 aliphatic carbocycles. The number of aliphatic hydroxyl groups excluding tert-OH is 1. The summed E-state index contributed by atoms with van der Waals surface area (Å²) < 4.78 is 16.4. The molecule has 134 valence electrons. The Labute approximate surface area is 148 Å². The fraction of sp³-hybridized carbons (Fsp3) is 0.278. The van der Waals surface area contributed by atoms with Crippen molar-refractivity contribution in [3.63, 3.8) is 0 Å². The Morgan fingerprint density at radius 1 is 1.15 bits per heavy atom. The van der Waals surface area contributed by atoms with Crippen molar-refractivity contribution in [1.82, 2.24) is 4.98 Å². The maximum Gasteiger partial charge on any atom is 0.265 e. The molecule has 8 nitrogen and oxygen atoms in total. The van der Waals surface area contributed by atoms with Crippen LogP contribution in [0.5, 0.6) is 17.4 Å². The van der Waals surface area contributed by atoms with E-state index in [0.29, 0.717) is 41.8 Å². The first-order valence-corrected chi connectivity index (χ1v) is 8.11. The van der Waals surface area contributed by atoms with E-state index in [1.807, 2.05) is 0 Å². The number of hydrogen-bond acceptors (Lipinski definition) is 7. The molecule has 8 heteroatoms. The number of aromatic nitrogens is 1. The SMILES string of the molecule is O=C(CO)c1ccc2c(c1)N(Cc1cnc3c(c1)OCCO3)C(=O)CO2. The van der Waals surface area contributed by atoms with Gasteiger partial charge in [0.15, 0.2) is 18.1 Å². The van der Waals surface area contributed by atoms with Crippen LogP contribution in [0.2, 0.25) is 0 Å². The van der Waals surface area contributed by atoms with Gasteiger partial charge in [-0.05, 0) is 29.8 Å². The van der Waals surface area contributed by atoms with E-state index < -0.39 is 12.4 Å². The van der Waals surface area contributed by atoms with Crippen LogP contribution >= 0.6 is 0 Å². The summed E-state index contributed by atoms with van der Waals surface area (Å²) in [6.45, 7) is 0.466. The van der Waals surface area contributed by atoms with E-state index >= 15 is 0 Å². The molecule has 4 rings (SSSR count). The van der Waals surface area contributed by atoms with E-state index in [1.165, 1.54) is 4.90 Å². The van der Waals surface area contributed by atoms with E-state index in [1.54, 1.807) is 30.5 Å². The predicted octanol–water partition coefficient (Wildman–Crippen LogP) is 0.953. The van der Waals surface area contributed by atoms with Crippen LogP contribution in [0.25, 0.3) is 0 Å². The minimum absolute atomic E-state index is 0.0850. The molecule has 0 bridgehead atoms. The second-order valence-electron chi connectivity index (χ2n) is 5.88. The zero-order chi connectivity index (χ0) is 18.1. The Bertz CT molecular complexity index is 882. The van der Waals surface area contributed by atoms with Crippen LogP contribution in [0.4, 0.5) is 5.69 Å². The molecule has 0 saturated carbocycles. The Kier molecular flexibility index (Phi) is 4.18. The van der Waals surface area contributed by atoms with Gasteiger partial charge in [0.2, 0.25) is 0 Å². The third kappa shape index (κ3) is 2.95. The number of hydrogen-bond donors (Lipinski definition) is 1. The molecule has 0 spiro atoms. The summed E-state index contributed by atoms with van der Waals surface area (Å²) in [5, 5.41) is 9.06. The highest BCUT2D eigenvalue weighted by molar-refractivity contribution is 6.02. The topological polar surface area (TPSA) is 98.2 Å². The summed E-state index contributed by atoms with van der Waals surface area (Å²) >= 11 is 0. The predicted molar refractivity (Wildman–Crippen MR) is 89.8 cm³/mol. The Morgan fingerprint density at radius 3 is 2.85 bits per heavy atom. The largest absolute Gasteiger partial charge is 0.484 e. The van der Waals surface area contributed by atoms with E-state index in [9.17, 15) is 9.59 Å². The number of anilines is 1. The third-order valence-corrected chi connectivity index (χ3v) is 4.16. The molecule has 0 saturated heterocycles. The molecule has 1 N–H and O–H groups in total. The average molecular weight is 356 g/mol. The number of fused-ring (bicyclic) bond motifs is 2. The summed E-state index contributed by atoms with van der Waals surface area (Å²) in [6, 6.07) is 6.53. The molecule has 1 aromatic heterocycles. The molecule has 1 amide bonds. The zero-order valence-electron chi connectivity index (χ0n) is 13.8. The van der Waals surface area contributed by atoms with Crippen molar-refractivity contribution in [2.75, 3.05) is 31.3 Å². The first-order valence-electron chi connectivity index (χ1n) is 8.11. The number of pyridine rings is 1. The van der Waals surface area contributed by atoms with Gasteiger partial charge in [-0.2, -0.15) is 0 Å². The lowest BCUT2D eigenvalue weighted by Gasteiger charge is -2.30. The maximum absolute atomic E-state index is 12.4. The number of ketones is 1. The van der Waals surface area contributed by atoms with Crippen LogP contribution in [0.1, 0.15) is 15.9 Å². The van der Waals surface area contributed by atoms with Gasteiger partial charge in [-0.1, -0.05) is 0 Å². The summed E-state index contributed by atoms with van der Waals surface area (Å²) in [7, 11) is 0. The van der Waals surface area contributed by atoms with Gasteiger partial charge in [0.1, 0.15) is 25.6 Å². The number of nitrogens with zero attached hydrogens (tertiary/aromatic N) is 2. The van der Waals surface area contributed by atoms with Crippen LogP contribution in [0.3, 0.4) is 0 Å². The molecule has 2 aliphatic rings. The summed E-state index contributed by atoms with van der Waals surface area (Å²) in [4.78, 5) is 29.9. The van der Waals surface area contributed by atoms with Gasteiger partial charge in [0.25, 0.3) is 11.8 Å². The second-order valence-corrected chi connectivity index (χ2v) is 5.88. The van der Waals surface area contributed by atoms with Crippen LogP contribution in [-0.4, -0.2) is 48.2 Å². The van der Waals surface area contributed by atoms with Crippen molar-refractivity contribution in [2.45, 2.75) is 6.54 Å². The highest BCUT2D eigenvalue weighted by Gasteiger charge is 2.27. The smallest absolute Gasteiger partial charge is 0.265 e. The first kappa shape index (κ1) is 16.3. The summed E-state index contributed by atoms with van der Waals surface area (Å²) in [5.74, 6) is 0.820. The summed E-state index contributed by atoms with van der Waals surface area (Å²) in [5.41, 5.74) is 1.56. The van der Waals surface area contributed by atoms with Gasteiger partial charge in [-0.3, -0.25) is 9.59 Å². The number of carbonyl (C=O) groups is 2. The number of carbonyl (C=O) groups excluding carboxylic acids is 2. The van der Waals surface area contributed by atoms with E-state index in [2.05, 4.69) is 4.98 Å². The number of benzene rings is 1. The molecule has 0 unspecified atom stereocenters. The first-order chi connectivity index (χ1) is 12.7. The van der Waals surface area contributed by atoms with Crippen LogP contribution in [-0.2, 0) is 11.3 Å². The number of ether oxygens (including phenoxy) is 3. The average Bonchev–Trinajstić information content (AvgIpc) is 2.69. The van der Waals surface area contributed by atoms with Crippen LogP contribution in [0, 0.1) is 0 Å². The monoisotopic (exact) mass is 356 g/mol. The van der Waals surface area contributed by atoms with Crippen LogP contribution in [0.15, 0.2) is 30.5 Å². The number of amides is 1. The molecule has 0 radical (unpaired) electrons. The molecule has 0 fully saturated rings. The molecule has 1 aromatic carbocycles. The van der Waals surface area contributed by atoms with Gasteiger partial charge in [-0.15, -0.1) is 0 Å². The Morgan fingerprint density at radius 2 is 2.00 bits per heavy atom.